The Morgan fingerprint density at radius 2 is 1.80 bits per heavy atom. The first-order chi connectivity index (χ1) is 9.64. The van der Waals surface area contributed by atoms with Crippen molar-refractivity contribution in [2.45, 2.75) is 51.4 Å². The van der Waals surface area contributed by atoms with E-state index in [-0.39, 0.29) is 5.41 Å². The number of rotatable bonds is 7. The Bertz CT molecular complexity index is 535. The molecule has 0 bridgehead atoms. The van der Waals surface area contributed by atoms with Gasteiger partial charge >= 0.3 is 0 Å². The molecule has 0 amide bonds. The van der Waals surface area contributed by atoms with E-state index in [9.17, 15) is 0 Å². The Hall–Kier alpha value is -1.44. The highest BCUT2D eigenvalue weighted by atomic mass is 14.9. The van der Waals surface area contributed by atoms with Gasteiger partial charge in [-0.2, -0.15) is 0 Å². The Morgan fingerprint density at radius 3 is 2.30 bits per heavy atom. The zero-order chi connectivity index (χ0) is 14.6. The highest BCUT2D eigenvalue weighted by Crippen LogP contribution is 2.41. The second-order valence-corrected chi connectivity index (χ2v) is 6.01. The van der Waals surface area contributed by atoms with Crippen LogP contribution < -0.4 is 0 Å². The van der Waals surface area contributed by atoms with E-state index in [2.05, 4.69) is 73.9 Å². The van der Waals surface area contributed by atoms with Gasteiger partial charge in [0.25, 0.3) is 0 Å². The van der Waals surface area contributed by atoms with Crippen LogP contribution in [-0.4, -0.2) is 9.13 Å². The Labute approximate surface area is 123 Å². The largest absolute Gasteiger partial charge is 0.357 e. The van der Waals surface area contributed by atoms with Crippen LogP contribution in [0.25, 0.3) is 0 Å². The van der Waals surface area contributed by atoms with Crippen molar-refractivity contribution in [3.63, 3.8) is 0 Å². The summed E-state index contributed by atoms with van der Waals surface area (Å²) in [6, 6.07) is 6.78. The number of aryl methyl sites for hydroxylation is 2. The SMILES string of the molecule is CCCCC(CCC)(c1ccn(C)c1)c1cccn1C. The van der Waals surface area contributed by atoms with E-state index in [0.717, 1.165) is 0 Å². The molecule has 0 aliphatic carbocycles. The summed E-state index contributed by atoms with van der Waals surface area (Å²) >= 11 is 0. The summed E-state index contributed by atoms with van der Waals surface area (Å²) in [7, 11) is 4.29. The van der Waals surface area contributed by atoms with Crippen LogP contribution in [0.5, 0.6) is 0 Å². The number of aromatic nitrogens is 2. The highest BCUT2D eigenvalue weighted by molar-refractivity contribution is 5.35. The van der Waals surface area contributed by atoms with Crippen LogP contribution in [0.1, 0.15) is 57.2 Å². The van der Waals surface area contributed by atoms with Gasteiger partial charge in [-0.3, -0.25) is 0 Å². The second-order valence-electron chi connectivity index (χ2n) is 6.01. The van der Waals surface area contributed by atoms with Crippen LogP contribution in [0.2, 0.25) is 0 Å². The zero-order valence-electron chi connectivity index (χ0n) is 13.4. The third-order valence-electron chi connectivity index (χ3n) is 4.45. The lowest BCUT2D eigenvalue weighted by Gasteiger charge is -2.34. The normalized spacial score (nSPS) is 14.4. The van der Waals surface area contributed by atoms with Crippen LogP contribution in [0, 0.1) is 0 Å². The summed E-state index contributed by atoms with van der Waals surface area (Å²) in [5.74, 6) is 0. The fourth-order valence-corrected chi connectivity index (χ4v) is 3.47. The van der Waals surface area contributed by atoms with Crippen LogP contribution in [0.3, 0.4) is 0 Å². The molecule has 0 N–H and O–H groups in total. The van der Waals surface area contributed by atoms with Crippen molar-refractivity contribution in [1.82, 2.24) is 9.13 Å². The summed E-state index contributed by atoms with van der Waals surface area (Å²) in [5.41, 5.74) is 3.10. The topological polar surface area (TPSA) is 9.86 Å². The monoisotopic (exact) mass is 272 g/mol. The number of hydrogen-bond acceptors (Lipinski definition) is 0. The van der Waals surface area contributed by atoms with Crippen molar-refractivity contribution in [2.24, 2.45) is 14.1 Å². The van der Waals surface area contributed by atoms with Crippen LogP contribution in [0.4, 0.5) is 0 Å². The molecule has 0 saturated carbocycles. The average molecular weight is 272 g/mol. The van der Waals surface area contributed by atoms with Gasteiger partial charge in [0.2, 0.25) is 0 Å². The molecule has 110 valence electrons. The molecule has 0 saturated heterocycles. The van der Waals surface area contributed by atoms with Gasteiger partial charge in [0.15, 0.2) is 0 Å². The minimum atomic E-state index is 0.171. The predicted molar refractivity (Wildman–Crippen MR) is 86.0 cm³/mol. The van der Waals surface area contributed by atoms with Gasteiger partial charge < -0.3 is 9.13 Å². The average Bonchev–Trinajstić information content (AvgIpc) is 3.04. The van der Waals surface area contributed by atoms with Gasteiger partial charge in [-0.15, -0.1) is 0 Å². The maximum absolute atomic E-state index is 2.30. The summed E-state index contributed by atoms with van der Waals surface area (Å²) in [4.78, 5) is 0. The van der Waals surface area contributed by atoms with E-state index in [0.29, 0.717) is 0 Å². The molecule has 1 unspecified atom stereocenters. The molecule has 0 fully saturated rings. The Balaban J connectivity index is 2.52. The number of hydrogen-bond donors (Lipinski definition) is 0. The fraction of sp³-hybridized carbons (Fsp3) is 0.556. The number of unbranched alkanes of at least 4 members (excludes halogenated alkanes) is 1. The van der Waals surface area contributed by atoms with Crippen LogP contribution in [-0.2, 0) is 19.5 Å². The van der Waals surface area contributed by atoms with Gasteiger partial charge in [-0.25, -0.2) is 0 Å². The third-order valence-corrected chi connectivity index (χ3v) is 4.45. The molecule has 0 aliphatic heterocycles. The van der Waals surface area contributed by atoms with Crippen LogP contribution in [0.15, 0.2) is 36.8 Å². The standard InChI is InChI=1S/C18H28N2/c1-5-7-12-18(11-6-2,16-10-14-19(3)15-16)17-9-8-13-20(17)4/h8-10,13-15H,5-7,11-12H2,1-4H3. The molecule has 2 nitrogen and oxygen atoms in total. The highest BCUT2D eigenvalue weighted by Gasteiger charge is 2.35. The lowest BCUT2D eigenvalue weighted by Crippen LogP contribution is -2.29. The molecule has 2 aromatic heterocycles. The molecule has 20 heavy (non-hydrogen) atoms. The molecule has 0 spiro atoms. The van der Waals surface area contributed by atoms with Crippen molar-refractivity contribution in [3.8, 4) is 0 Å². The van der Waals surface area contributed by atoms with Crippen molar-refractivity contribution >= 4 is 0 Å². The first-order valence-corrected chi connectivity index (χ1v) is 7.88. The Kier molecular flexibility index (Phi) is 4.74. The molecular weight excluding hydrogens is 244 g/mol. The van der Waals surface area contributed by atoms with E-state index in [1.54, 1.807) is 0 Å². The van der Waals surface area contributed by atoms with E-state index in [1.807, 2.05) is 0 Å². The maximum Gasteiger partial charge on any atom is 0.0370 e. The first kappa shape index (κ1) is 15.0. The lowest BCUT2D eigenvalue weighted by molar-refractivity contribution is 0.395. The molecule has 2 aromatic rings. The quantitative estimate of drug-likeness (QED) is 0.695. The van der Waals surface area contributed by atoms with Gasteiger partial charge in [-0.05, 0) is 36.6 Å². The molecule has 2 heterocycles. The first-order valence-electron chi connectivity index (χ1n) is 7.88. The summed E-state index contributed by atoms with van der Waals surface area (Å²) in [6.45, 7) is 4.58. The van der Waals surface area contributed by atoms with E-state index < -0.39 is 0 Å². The van der Waals surface area contributed by atoms with Gasteiger partial charge in [-0.1, -0.05) is 33.1 Å². The van der Waals surface area contributed by atoms with Crippen molar-refractivity contribution < 1.29 is 0 Å². The van der Waals surface area contributed by atoms with Crippen molar-refractivity contribution in [2.75, 3.05) is 0 Å². The minimum Gasteiger partial charge on any atom is -0.357 e. The van der Waals surface area contributed by atoms with E-state index in [4.69, 9.17) is 0 Å². The molecule has 0 aliphatic rings. The van der Waals surface area contributed by atoms with Gasteiger partial charge in [0, 0.05) is 43.8 Å². The third kappa shape index (κ3) is 2.70. The number of nitrogens with zero attached hydrogens (tertiary/aromatic N) is 2. The fourth-order valence-electron chi connectivity index (χ4n) is 3.47. The molecule has 1 atom stereocenters. The molecular formula is C18H28N2. The second kappa shape index (κ2) is 6.34. The van der Waals surface area contributed by atoms with E-state index in [1.165, 1.54) is 43.4 Å². The minimum absolute atomic E-state index is 0.171. The summed E-state index contributed by atoms with van der Waals surface area (Å²) in [5, 5.41) is 0. The molecule has 0 aromatic carbocycles. The lowest BCUT2D eigenvalue weighted by atomic mass is 9.71. The van der Waals surface area contributed by atoms with Crippen molar-refractivity contribution in [1.29, 1.82) is 0 Å². The predicted octanol–water partition coefficient (Wildman–Crippen LogP) is 4.64. The van der Waals surface area contributed by atoms with Gasteiger partial charge in [0.05, 0.1) is 0 Å². The van der Waals surface area contributed by atoms with Gasteiger partial charge in [0.1, 0.15) is 0 Å². The Morgan fingerprint density at radius 1 is 1.00 bits per heavy atom. The smallest absolute Gasteiger partial charge is 0.0370 e. The van der Waals surface area contributed by atoms with Crippen molar-refractivity contribution in [3.05, 3.63) is 48.0 Å². The molecule has 2 heteroatoms. The van der Waals surface area contributed by atoms with E-state index >= 15 is 0 Å². The maximum atomic E-state index is 2.30. The summed E-state index contributed by atoms with van der Waals surface area (Å²) in [6.07, 6.45) is 12.8. The zero-order valence-corrected chi connectivity index (χ0v) is 13.4. The summed E-state index contributed by atoms with van der Waals surface area (Å²) < 4.78 is 4.48. The molecule has 0 radical (unpaired) electrons. The van der Waals surface area contributed by atoms with Crippen LogP contribution >= 0.6 is 0 Å². The molecule has 2 rings (SSSR count).